The van der Waals surface area contributed by atoms with Gasteiger partial charge in [-0.2, -0.15) is 0 Å². The summed E-state index contributed by atoms with van der Waals surface area (Å²) in [6.45, 7) is 5.74. The van der Waals surface area contributed by atoms with Crippen molar-refractivity contribution in [2.45, 2.75) is 44.6 Å². The Balaban J connectivity index is 1.17. The van der Waals surface area contributed by atoms with Crippen LogP contribution in [0.25, 0.3) is 11.0 Å². The van der Waals surface area contributed by atoms with Crippen molar-refractivity contribution in [1.29, 1.82) is 0 Å². The molecule has 208 valence electrons. The number of para-hydroxylation sites is 1. The molecule has 9 heteroatoms. The van der Waals surface area contributed by atoms with Crippen LogP contribution in [0.5, 0.6) is 11.5 Å². The first-order chi connectivity index (χ1) is 19.5. The van der Waals surface area contributed by atoms with E-state index in [0.717, 1.165) is 66.5 Å². The van der Waals surface area contributed by atoms with Crippen molar-refractivity contribution >= 4 is 17.0 Å². The van der Waals surface area contributed by atoms with Crippen LogP contribution in [0.1, 0.15) is 53.1 Å². The Bertz CT molecular complexity index is 1510. The van der Waals surface area contributed by atoms with Gasteiger partial charge in [-0.15, -0.1) is 0 Å². The smallest absolute Gasteiger partial charge is 0.337 e. The predicted molar refractivity (Wildman–Crippen MR) is 149 cm³/mol. The molecule has 4 aromatic rings. The Kier molecular flexibility index (Phi) is 7.16. The number of aromatic nitrogens is 3. The fraction of sp³-hybridized carbons (Fsp3) is 0.387. The van der Waals surface area contributed by atoms with Gasteiger partial charge in [0, 0.05) is 32.3 Å². The van der Waals surface area contributed by atoms with Gasteiger partial charge in [0.2, 0.25) is 0 Å². The van der Waals surface area contributed by atoms with E-state index in [4.69, 9.17) is 23.9 Å². The zero-order valence-corrected chi connectivity index (χ0v) is 23.1. The molecule has 0 aliphatic carbocycles. The van der Waals surface area contributed by atoms with Gasteiger partial charge in [0.05, 0.1) is 36.9 Å². The molecule has 2 aliphatic heterocycles. The Morgan fingerprint density at radius 1 is 1.07 bits per heavy atom. The van der Waals surface area contributed by atoms with Crippen molar-refractivity contribution in [3.05, 3.63) is 83.4 Å². The van der Waals surface area contributed by atoms with Crippen LogP contribution in [0, 0.1) is 0 Å². The molecule has 9 nitrogen and oxygen atoms in total. The van der Waals surface area contributed by atoms with Crippen molar-refractivity contribution < 1.29 is 23.7 Å². The summed E-state index contributed by atoms with van der Waals surface area (Å²) in [6, 6.07) is 17.5. The molecule has 2 aliphatic rings. The molecule has 0 radical (unpaired) electrons. The van der Waals surface area contributed by atoms with Crippen molar-refractivity contribution in [2.75, 3.05) is 33.9 Å². The van der Waals surface area contributed by atoms with E-state index in [1.165, 1.54) is 12.7 Å². The third-order valence-corrected chi connectivity index (χ3v) is 7.90. The highest BCUT2D eigenvalue weighted by Crippen LogP contribution is 2.49. The van der Waals surface area contributed by atoms with E-state index in [1.54, 1.807) is 19.4 Å². The van der Waals surface area contributed by atoms with Gasteiger partial charge >= 0.3 is 5.97 Å². The minimum absolute atomic E-state index is 0.355. The quantitative estimate of drug-likeness (QED) is 0.291. The monoisotopic (exact) mass is 542 g/mol. The number of ether oxygens (including phenoxy) is 4. The zero-order valence-electron chi connectivity index (χ0n) is 23.1. The number of carbonyl (C=O) groups is 1. The molecule has 1 atom stereocenters. The van der Waals surface area contributed by atoms with Crippen LogP contribution in [-0.4, -0.2) is 59.3 Å². The first-order valence-electron chi connectivity index (χ1n) is 13.7. The lowest BCUT2D eigenvalue weighted by molar-refractivity contribution is -0.0722. The lowest BCUT2D eigenvalue weighted by Gasteiger charge is -2.32. The zero-order chi connectivity index (χ0) is 27.7. The summed E-state index contributed by atoms with van der Waals surface area (Å²) in [5, 5.41) is 0. The van der Waals surface area contributed by atoms with Crippen LogP contribution >= 0.6 is 0 Å². The normalized spacial score (nSPS) is 19.3. The summed E-state index contributed by atoms with van der Waals surface area (Å²) >= 11 is 0. The first-order valence-corrected chi connectivity index (χ1v) is 13.7. The number of methoxy groups -OCH3 is 2. The average molecular weight is 543 g/mol. The molecule has 0 bridgehead atoms. The summed E-state index contributed by atoms with van der Waals surface area (Å²) in [6.07, 6.45) is 3.77. The Hall–Kier alpha value is -3.95. The van der Waals surface area contributed by atoms with Crippen LogP contribution in [0.2, 0.25) is 0 Å². The highest BCUT2D eigenvalue weighted by Gasteiger charge is 2.42. The summed E-state index contributed by atoms with van der Waals surface area (Å²) in [4.78, 5) is 24.0. The molecule has 0 N–H and O–H groups in total. The number of imidazole rings is 1. The molecule has 4 heterocycles. The molecular formula is C31H34N4O5. The Morgan fingerprint density at radius 3 is 2.67 bits per heavy atom. The van der Waals surface area contributed by atoms with Crippen LogP contribution in [0.4, 0.5) is 0 Å². The van der Waals surface area contributed by atoms with Crippen LogP contribution in [0.3, 0.4) is 0 Å². The molecule has 6 rings (SSSR count). The number of likely N-dealkylation sites (tertiary alicyclic amines) is 1. The number of esters is 1. The van der Waals surface area contributed by atoms with E-state index in [1.807, 2.05) is 43.3 Å². The van der Waals surface area contributed by atoms with Crippen LogP contribution < -0.4 is 9.47 Å². The lowest BCUT2D eigenvalue weighted by Crippen LogP contribution is -2.34. The minimum Gasteiger partial charge on any atom is -0.465 e. The third kappa shape index (κ3) is 4.91. The molecule has 1 saturated heterocycles. The summed E-state index contributed by atoms with van der Waals surface area (Å²) < 4.78 is 25.2. The highest BCUT2D eigenvalue weighted by atomic mass is 16.7. The second kappa shape index (κ2) is 10.9. The van der Waals surface area contributed by atoms with Gasteiger partial charge in [0.15, 0.2) is 11.5 Å². The van der Waals surface area contributed by atoms with Crippen molar-refractivity contribution in [1.82, 2.24) is 19.4 Å². The lowest BCUT2D eigenvalue weighted by atomic mass is 9.88. The van der Waals surface area contributed by atoms with Crippen molar-refractivity contribution in [3.63, 3.8) is 0 Å². The van der Waals surface area contributed by atoms with Crippen molar-refractivity contribution in [2.24, 2.45) is 0 Å². The largest absolute Gasteiger partial charge is 0.465 e. The predicted octanol–water partition coefficient (Wildman–Crippen LogP) is 4.89. The first kappa shape index (κ1) is 26.3. The Morgan fingerprint density at radius 2 is 1.93 bits per heavy atom. The topological polar surface area (TPSA) is 87.9 Å². The number of hydrogen-bond donors (Lipinski definition) is 0. The van der Waals surface area contributed by atoms with E-state index in [2.05, 4.69) is 26.6 Å². The molecule has 0 spiro atoms. The highest BCUT2D eigenvalue weighted by molar-refractivity contribution is 5.93. The van der Waals surface area contributed by atoms with E-state index in [-0.39, 0.29) is 5.97 Å². The molecule has 0 amide bonds. The minimum atomic E-state index is -0.935. The van der Waals surface area contributed by atoms with Gasteiger partial charge in [0.1, 0.15) is 11.5 Å². The summed E-state index contributed by atoms with van der Waals surface area (Å²) in [7, 11) is 3.09. The standard InChI is InChI=1S/C31H34N4O5/c1-31(27-9-4-5-14-32-27)39-26-8-6-7-23(29(26)40-31)21-12-15-34(16-13-21)20-28-33-24-11-10-22(30(36)38-3)19-25(24)35(28)17-18-37-2/h4-11,14,19,21H,12-13,15-18,20H2,1-3H3. The molecule has 2 aromatic heterocycles. The molecule has 40 heavy (non-hydrogen) atoms. The number of carbonyl (C=O) groups excluding carboxylic acids is 1. The van der Waals surface area contributed by atoms with E-state index in [9.17, 15) is 4.79 Å². The molecule has 0 saturated carbocycles. The second-order valence-corrected chi connectivity index (χ2v) is 10.5. The number of nitrogens with zero attached hydrogens (tertiary/aromatic N) is 4. The second-order valence-electron chi connectivity index (χ2n) is 10.5. The average Bonchev–Trinajstić information content (AvgIpc) is 3.53. The number of hydrogen-bond acceptors (Lipinski definition) is 8. The summed E-state index contributed by atoms with van der Waals surface area (Å²) in [5.74, 6) is 1.65. The SMILES string of the molecule is COCCn1c(CN2CCC(c3cccc4c3OC(C)(c3ccccn3)O4)CC2)nc2ccc(C(=O)OC)cc21. The maximum atomic E-state index is 12.1. The van der Waals surface area contributed by atoms with Gasteiger partial charge in [-0.05, 0) is 68.2 Å². The number of piperidine rings is 1. The molecular weight excluding hydrogens is 508 g/mol. The number of rotatable bonds is 8. The fourth-order valence-electron chi connectivity index (χ4n) is 5.78. The fourth-order valence-corrected chi connectivity index (χ4v) is 5.78. The molecule has 1 unspecified atom stereocenters. The number of benzene rings is 2. The maximum absolute atomic E-state index is 12.1. The van der Waals surface area contributed by atoms with Crippen molar-refractivity contribution in [3.8, 4) is 11.5 Å². The van der Waals surface area contributed by atoms with Gasteiger partial charge in [-0.1, -0.05) is 18.2 Å². The van der Waals surface area contributed by atoms with Gasteiger partial charge < -0.3 is 23.5 Å². The van der Waals surface area contributed by atoms with E-state index >= 15 is 0 Å². The van der Waals surface area contributed by atoms with Crippen LogP contribution in [0.15, 0.2) is 60.8 Å². The Labute approximate surface area is 233 Å². The molecule has 2 aromatic carbocycles. The van der Waals surface area contributed by atoms with Crippen LogP contribution in [-0.2, 0) is 28.4 Å². The van der Waals surface area contributed by atoms with Gasteiger partial charge in [0.25, 0.3) is 5.79 Å². The van der Waals surface area contributed by atoms with Gasteiger partial charge in [-0.25, -0.2) is 9.78 Å². The summed E-state index contributed by atoms with van der Waals surface area (Å²) in [5.41, 5.74) is 4.24. The number of fused-ring (bicyclic) bond motifs is 2. The maximum Gasteiger partial charge on any atom is 0.337 e. The van der Waals surface area contributed by atoms with E-state index in [0.29, 0.717) is 24.6 Å². The van der Waals surface area contributed by atoms with E-state index < -0.39 is 5.79 Å². The van der Waals surface area contributed by atoms with Gasteiger partial charge in [-0.3, -0.25) is 9.88 Å². The molecule has 1 fully saturated rings. The third-order valence-electron chi connectivity index (χ3n) is 7.90. The number of pyridine rings is 1.